The van der Waals surface area contributed by atoms with Crippen molar-refractivity contribution in [1.82, 2.24) is 9.88 Å². The zero-order chi connectivity index (χ0) is 14.7. The third kappa shape index (κ3) is 3.87. The van der Waals surface area contributed by atoms with Crippen LogP contribution in [0.1, 0.15) is 28.2 Å². The molecular formula is C15H18N2OS3. The molecule has 3 heterocycles. The van der Waals surface area contributed by atoms with Gasteiger partial charge in [0.25, 0.3) is 5.91 Å². The van der Waals surface area contributed by atoms with Crippen LogP contribution in [0, 0.1) is 12.8 Å². The molecule has 3 nitrogen and oxygen atoms in total. The summed E-state index contributed by atoms with van der Waals surface area (Å²) in [6, 6.07) is 3.86. The van der Waals surface area contributed by atoms with Gasteiger partial charge in [0.2, 0.25) is 0 Å². The first kappa shape index (κ1) is 15.1. The monoisotopic (exact) mass is 338 g/mol. The number of amides is 1. The van der Waals surface area contributed by atoms with Gasteiger partial charge in [-0.05, 0) is 37.1 Å². The Morgan fingerprint density at radius 1 is 1.43 bits per heavy atom. The largest absolute Gasteiger partial charge is 0.338 e. The molecule has 112 valence electrons. The molecule has 0 bridgehead atoms. The van der Waals surface area contributed by atoms with E-state index in [1.54, 1.807) is 11.3 Å². The number of rotatable bonds is 4. The zero-order valence-corrected chi connectivity index (χ0v) is 14.4. The topological polar surface area (TPSA) is 33.2 Å². The maximum Gasteiger partial charge on any atom is 0.263 e. The molecule has 0 spiro atoms. The molecule has 0 aromatic carbocycles. The van der Waals surface area contributed by atoms with Crippen LogP contribution in [0.25, 0.3) is 0 Å². The van der Waals surface area contributed by atoms with Crippen molar-refractivity contribution in [1.29, 1.82) is 0 Å². The van der Waals surface area contributed by atoms with E-state index in [1.807, 2.05) is 41.1 Å². The fourth-order valence-corrected chi connectivity index (χ4v) is 5.20. The minimum atomic E-state index is 0.201. The first-order valence-corrected chi connectivity index (χ1v) is 9.84. The van der Waals surface area contributed by atoms with Crippen LogP contribution in [-0.4, -0.2) is 34.6 Å². The highest BCUT2D eigenvalue weighted by molar-refractivity contribution is 8.01. The van der Waals surface area contributed by atoms with Crippen molar-refractivity contribution in [2.45, 2.75) is 24.1 Å². The summed E-state index contributed by atoms with van der Waals surface area (Å²) in [6.45, 7) is 3.81. The van der Waals surface area contributed by atoms with Crippen molar-refractivity contribution < 1.29 is 4.79 Å². The minimum Gasteiger partial charge on any atom is -0.338 e. The van der Waals surface area contributed by atoms with E-state index in [1.165, 1.54) is 15.7 Å². The minimum absolute atomic E-state index is 0.201. The van der Waals surface area contributed by atoms with E-state index in [9.17, 15) is 4.79 Å². The molecule has 0 N–H and O–H groups in total. The number of piperidine rings is 1. The Kier molecular flexibility index (Phi) is 4.98. The fraction of sp³-hybridized carbons (Fsp3) is 0.467. The SMILES string of the molecule is Cc1csc(SCC2CCN(C(=O)c3cccs3)CC2)n1. The standard InChI is InChI=1S/C15H18N2OS3/c1-11-9-20-15(16-11)21-10-12-4-6-17(7-5-12)14(18)13-3-2-8-19-13/h2-3,8-9,12H,4-7,10H2,1H3. The highest BCUT2D eigenvalue weighted by atomic mass is 32.2. The molecule has 3 rings (SSSR count). The first-order chi connectivity index (χ1) is 10.2. The average molecular weight is 339 g/mol. The Hall–Kier alpha value is -0.850. The molecule has 1 aliphatic rings. The van der Waals surface area contributed by atoms with Gasteiger partial charge in [-0.15, -0.1) is 22.7 Å². The second-order valence-electron chi connectivity index (χ2n) is 5.28. The van der Waals surface area contributed by atoms with Crippen molar-refractivity contribution >= 4 is 40.3 Å². The van der Waals surface area contributed by atoms with Crippen LogP contribution in [0.3, 0.4) is 0 Å². The van der Waals surface area contributed by atoms with Gasteiger partial charge in [0, 0.05) is 29.9 Å². The van der Waals surface area contributed by atoms with Gasteiger partial charge < -0.3 is 4.90 Å². The van der Waals surface area contributed by atoms with Gasteiger partial charge in [0.15, 0.2) is 0 Å². The second-order valence-corrected chi connectivity index (χ2v) is 8.35. The van der Waals surface area contributed by atoms with E-state index in [2.05, 4.69) is 10.4 Å². The third-order valence-corrected chi connectivity index (χ3v) is 6.90. The molecule has 0 unspecified atom stereocenters. The van der Waals surface area contributed by atoms with E-state index >= 15 is 0 Å². The molecule has 0 saturated carbocycles. The van der Waals surface area contributed by atoms with Crippen molar-refractivity contribution in [3.05, 3.63) is 33.5 Å². The lowest BCUT2D eigenvalue weighted by molar-refractivity contribution is 0.0703. The molecule has 2 aromatic rings. The number of hydrogen-bond donors (Lipinski definition) is 0. The molecule has 1 fully saturated rings. The van der Waals surface area contributed by atoms with E-state index in [0.717, 1.165) is 42.3 Å². The summed E-state index contributed by atoms with van der Waals surface area (Å²) in [4.78, 5) is 19.6. The Bertz CT molecular complexity index is 586. The van der Waals surface area contributed by atoms with Gasteiger partial charge in [0.1, 0.15) is 4.34 Å². The average Bonchev–Trinajstić information content (AvgIpc) is 3.16. The molecule has 1 aliphatic heterocycles. The number of thiophene rings is 1. The Morgan fingerprint density at radius 2 is 2.24 bits per heavy atom. The Balaban J connectivity index is 1.45. The summed E-state index contributed by atoms with van der Waals surface area (Å²) in [7, 11) is 0. The Morgan fingerprint density at radius 3 is 2.86 bits per heavy atom. The van der Waals surface area contributed by atoms with Crippen LogP contribution in [0.5, 0.6) is 0 Å². The summed E-state index contributed by atoms with van der Waals surface area (Å²) in [5.41, 5.74) is 1.11. The number of thiazole rings is 1. The number of hydrogen-bond acceptors (Lipinski definition) is 5. The van der Waals surface area contributed by atoms with Crippen molar-refractivity contribution in [3.63, 3.8) is 0 Å². The second kappa shape index (κ2) is 6.94. The number of aryl methyl sites for hydroxylation is 1. The molecule has 0 aliphatic carbocycles. The van der Waals surface area contributed by atoms with E-state index < -0.39 is 0 Å². The number of nitrogens with zero attached hydrogens (tertiary/aromatic N) is 2. The van der Waals surface area contributed by atoms with Crippen LogP contribution in [0.2, 0.25) is 0 Å². The zero-order valence-electron chi connectivity index (χ0n) is 11.9. The summed E-state index contributed by atoms with van der Waals surface area (Å²) in [6.07, 6.45) is 2.21. The molecule has 1 amide bonds. The molecule has 0 radical (unpaired) electrons. The number of carbonyl (C=O) groups excluding carboxylic acids is 1. The van der Waals surface area contributed by atoms with E-state index in [4.69, 9.17) is 0 Å². The van der Waals surface area contributed by atoms with Gasteiger partial charge in [-0.1, -0.05) is 17.8 Å². The fourth-order valence-electron chi connectivity index (χ4n) is 2.45. The Labute approximate surface area is 137 Å². The third-order valence-electron chi connectivity index (χ3n) is 3.67. The maximum atomic E-state index is 12.3. The van der Waals surface area contributed by atoms with Crippen LogP contribution in [-0.2, 0) is 0 Å². The summed E-state index contributed by atoms with van der Waals surface area (Å²) in [5, 5.41) is 4.07. The molecule has 1 saturated heterocycles. The molecule has 2 aromatic heterocycles. The van der Waals surface area contributed by atoms with Gasteiger partial charge >= 0.3 is 0 Å². The lowest BCUT2D eigenvalue weighted by Gasteiger charge is -2.31. The molecule has 21 heavy (non-hydrogen) atoms. The van der Waals surface area contributed by atoms with Crippen LogP contribution in [0.4, 0.5) is 0 Å². The van der Waals surface area contributed by atoms with Crippen molar-refractivity contribution in [3.8, 4) is 0 Å². The van der Waals surface area contributed by atoms with Gasteiger partial charge in [-0.25, -0.2) is 4.98 Å². The maximum absolute atomic E-state index is 12.3. The first-order valence-electron chi connectivity index (χ1n) is 7.10. The number of thioether (sulfide) groups is 1. The van der Waals surface area contributed by atoms with Gasteiger partial charge in [-0.2, -0.15) is 0 Å². The predicted molar refractivity (Wildman–Crippen MR) is 90.5 cm³/mol. The molecule has 0 atom stereocenters. The quantitative estimate of drug-likeness (QED) is 0.785. The molecular weight excluding hydrogens is 320 g/mol. The summed E-state index contributed by atoms with van der Waals surface area (Å²) >= 11 is 5.12. The lowest BCUT2D eigenvalue weighted by atomic mass is 9.99. The van der Waals surface area contributed by atoms with E-state index in [-0.39, 0.29) is 5.91 Å². The predicted octanol–water partition coefficient (Wildman–Crippen LogP) is 4.16. The van der Waals surface area contributed by atoms with Crippen molar-refractivity contribution in [2.24, 2.45) is 5.92 Å². The van der Waals surface area contributed by atoms with Crippen LogP contribution in [0.15, 0.2) is 27.2 Å². The smallest absolute Gasteiger partial charge is 0.263 e. The highest BCUT2D eigenvalue weighted by Gasteiger charge is 2.24. The van der Waals surface area contributed by atoms with Gasteiger partial charge in [-0.3, -0.25) is 4.79 Å². The summed E-state index contributed by atoms with van der Waals surface area (Å²) in [5.74, 6) is 2.02. The van der Waals surface area contributed by atoms with Crippen molar-refractivity contribution in [2.75, 3.05) is 18.8 Å². The molecule has 6 heteroatoms. The van der Waals surface area contributed by atoms with Crippen LogP contribution >= 0.6 is 34.4 Å². The number of likely N-dealkylation sites (tertiary alicyclic amines) is 1. The van der Waals surface area contributed by atoms with Gasteiger partial charge in [0.05, 0.1) is 4.88 Å². The normalized spacial score (nSPS) is 16.3. The number of carbonyl (C=O) groups is 1. The van der Waals surface area contributed by atoms with Crippen LogP contribution < -0.4 is 0 Å². The number of aromatic nitrogens is 1. The lowest BCUT2D eigenvalue weighted by Crippen LogP contribution is -2.38. The van der Waals surface area contributed by atoms with E-state index in [0.29, 0.717) is 5.92 Å². The highest BCUT2D eigenvalue weighted by Crippen LogP contribution is 2.29. The summed E-state index contributed by atoms with van der Waals surface area (Å²) < 4.78 is 1.17.